The molecule has 108 valence electrons. The highest BCUT2D eigenvalue weighted by atomic mass is 32.2. The molecule has 1 aromatic rings. The molecule has 0 aliphatic carbocycles. The normalized spacial score (nSPS) is 21.7. The summed E-state index contributed by atoms with van der Waals surface area (Å²) in [6.45, 7) is 2.00. The van der Waals surface area contributed by atoms with Crippen LogP contribution in [0.25, 0.3) is 0 Å². The van der Waals surface area contributed by atoms with Crippen molar-refractivity contribution in [2.75, 3.05) is 26.8 Å². The fourth-order valence-corrected chi connectivity index (χ4v) is 5.32. The Bertz CT molecular complexity index is 511. The Hall–Kier alpha value is -0.470. The highest BCUT2D eigenvalue weighted by Crippen LogP contribution is 2.28. The van der Waals surface area contributed by atoms with E-state index in [4.69, 9.17) is 10.5 Å². The minimum atomic E-state index is -3.40. The van der Waals surface area contributed by atoms with Crippen LogP contribution in [0, 0.1) is 5.92 Å². The Balaban J connectivity index is 2.20. The first-order valence-electron chi connectivity index (χ1n) is 6.35. The van der Waals surface area contributed by atoms with Crippen LogP contribution in [0.15, 0.2) is 16.3 Å². The van der Waals surface area contributed by atoms with E-state index in [9.17, 15) is 8.42 Å². The van der Waals surface area contributed by atoms with E-state index in [0.717, 1.165) is 17.7 Å². The summed E-state index contributed by atoms with van der Waals surface area (Å²) < 4.78 is 31.9. The molecule has 19 heavy (non-hydrogen) atoms. The van der Waals surface area contributed by atoms with Gasteiger partial charge in [0, 0.05) is 31.6 Å². The van der Waals surface area contributed by atoms with Crippen molar-refractivity contribution >= 4 is 21.4 Å². The van der Waals surface area contributed by atoms with Crippen LogP contribution in [-0.4, -0.2) is 39.5 Å². The zero-order valence-corrected chi connectivity index (χ0v) is 12.7. The van der Waals surface area contributed by atoms with Gasteiger partial charge in [0.1, 0.15) is 0 Å². The second-order valence-corrected chi connectivity index (χ2v) is 7.65. The molecule has 7 heteroatoms. The first kappa shape index (κ1) is 14.9. The highest BCUT2D eigenvalue weighted by Gasteiger charge is 2.31. The molecular weight excluding hydrogens is 284 g/mol. The average molecular weight is 304 g/mol. The number of sulfonamides is 1. The highest BCUT2D eigenvalue weighted by molar-refractivity contribution is 7.89. The minimum absolute atomic E-state index is 0.265. The summed E-state index contributed by atoms with van der Waals surface area (Å²) in [5.41, 5.74) is 5.60. The van der Waals surface area contributed by atoms with E-state index in [1.54, 1.807) is 22.9 Å². The second kappa shape index (κ2) is 6.32. The van der Waals surface area contributed by atoms with E-state index >= 15 is 0 Å². The van der Waals surface area contributed by atoms with Crippen molar-refractivity contribution in [3.8, 4) is 0 Å². The number of rotatable bonds is 5. The van der Waals surface area contributed by atoms with Gasteiger partial charge >= 0.3 is 0 Å². The lowest BCUT2D eigenvalue weighted by atomic mass is 10.0. The zero-order chi connectivity index (χ0) is 13.9. The van der Waals surface area contributed by atoms with Crippen molar-refractivity contribution in [3.63, 3.8) is 0 Å². The van der Waals surface area contributed by atoms with Gasteiger partial charge in [-0.15, -0.1) is 11.3 Å². The fraction of sp³-hybridized carbons (Fsp3) is 0.667. The molecule has 1 unspecified atom stereocenters. The van der Waals surface area contributed by atoms with E-state index in [0.29, 0.717) is 24.6 Å². The third-order valence-corrected chi connectivity index (χ3v) is 6.41. The molecule has 2 N–H and O–H groups in total. The molecule has 1 aliphatic rings. The number of nitrogens with two attached hydrogens (primary N) is 1. The molecule has 2 rings (SSSR count). The second-order valence-electron chi connectivity index (χ2n) is 4.74. The molecule has 1 atom stereocenters. The van der Waals surface area contributed by atoms with Crippen molar-refractivity contribution < 1.29 is 13.2 Å². The molecule has 1 aromatic heterocycles. The number of ether oxygens (including phenoxy) is 1. The fourth-order valence-electron chi connectivity index (χ4n) is 2.46. The van der Waals surface area contributed by atoms with Gasteiger partial charge in [0.2, 0.25) is 10.0 Å². The van der Waals surface area contributed by atoms with Gasteiger partial charge in [0.15, 0.2) is 0 Å². The van der Waals surface area contributed by atoms with Crippen molar-refractivity contribution in [2.45, 2.75) is 24.3 Å². The lowest BCUT2D eigenvalue weighted by Crippen LogP contribution is -2.41. The molecule has 0 amide bonds. The lowest BCUT2D eigenvalue weighted by molar-refractivity contribution is 0.118. The van der Waals surface area contributed by atoms with Crippen LogP contribution >= 0.6 is 11.3 Å². The summed E-state index contributed by atoms with van der Waals surface area (Å²) in [6, 6.07) is 1.65. The molecule has 1 saturated heterocycles. The van der Waals surface area contributed by atoms with Crippen LogP contribution in [-0.2, 0) is 21.3 Å². The summed E-state index contributed by atoms with van der Waals surface area (Å²) in [7, 11) is -1.75. The molecule has 0 spiro atoms. The third kappa shape index (κ3) is 3.17. The molecule has 2 heterocycles. The Morgan fingerprint density at radius 3 is 3.05 bits per heavy atom. The van der Waals surface area contributed by atoms with Crippen LogP contribution in [0.1, 0.15) is 17.7 Å². The molecule has 0 bridgehead atoms. The Labute approximate surface area is 118 Å². The monoisotopic (exact) mass is 304 g/mol. The summed E-state index contributed by atoms with van der Waals surface area (Å²) in [6.07, 6.45) is 1.91. The number of hydrogen-bond acceptors (Lipinski definition) is 5. The molecule has 0 saturated carbocycles. The van der Waals surface area contributed by atoms with Crippen LogP contribution in [0.4, 0.5) is 0 Å². The largest absolute Gasteiger partial charge is 0.384 e. The van der Waals surface area contributed by atoms with E-state index in [1.807, 2.05) is 0 Å². The molecule has 5 nitrogen and oxygen atoms in total. The van der Waals surface area contributed by atoms with Crippen LogP contribution in [0.5, 0.6) is 0 Å². The van der Waals surface area contributed by atoms with Crippen molar-refractivity contribution in [3.05, 3.63) is 16.3 Å². The van der Waals surface area contributed by atoms with Gasteiger partial charge in [0.05, 0.1) is 11.5 Å². The Morgan fingerprint density at radius 2 is 2.37 bits per heavy atom. The topological polar surface area (TPSA) is 72.6 Å². The smallest absolute Gasteiger partial charge is 0.244 e. The third-order valence-electron chi connectivity index (χ3n) is 3.39. The summed E-state index contributed by atoms with van der Waals surface area (Å²) in [5, 5.41) is 1.78. The van der Waals surface area contributed by atoms with Crippen molar-refractivity contribution in [1.82, 2.24) is 4.31 Å². The summed E-state index contributed by atoms with van der Waals surface area (Å²) in [5.74, 6) is 0.286. The maximum absolute atomic E-state index is 12.6. The zero-order valence-electron chi connectivity index (χ0n) is 11.0. The van der Waals surface area contributed by atoms with E-state index in [1.165, 1.54) is 11.3 Å². The summed E-state index contributed by atoms with van der Waals surface area (Å²) in [4.78, 5) is 1.10. The van der Waals surface area contributed by atoms with Crippen LogP contribution in [0.2, 0.25) is 0 Å². The quantitative estimate of drug-likeness (QED) is 0.888. The first-order chi connectivity index (χ1) is 9.09. The SMILES string of the molecule is COCC1CCCN(S(=O)(=O)c2ccsc2CN)C1. The maximum atomic E-state index is 12.6. The molecule has 0 radical (unpaired) electrons. The van der Waals surface area contributed by atoms with Gasteiger partial charge in [-0.25, -0.2) is 8.42 Å². The number of hydrogen-bond donors (Lipinski definition) is 1. The van der Waals surface area contributed by atoms with E-state index in [-0.39, 0.29) is 12.5 Å². The average Bonchev–Trinajstić information content (AvgIpc) is 2.88. The number of methoxy groups -OCH3 is 1. The predicted molar refractivity (Wildman–Crippen MR) is 75.6 cm³/mol. The van der Waals surface area contributed by atoms with E-state index < -0.39 is 10.0 Å². The van der Waals surface area contributed by atoms with Gasteiger partial charge in [-0.05, 0) is 30.2 Å². The number of thiophene rings is 1. The number of piperidine rings is 1. The van der Waals surface area contributed by atoms with Crippen molar-refractivity contribution in [2.24, 2.45) is 11.7 Å². The van der Waals surface area contributed by atoms with Crippen LogP contribution in [0.3, 0.4) is 0 Å². The summed E-state index contributed by atoms with van der Waals surface area (Å²) >= 11 is 1.40. The van der Waals surface area contributed by atoms with Gasteiger partial charge in [-0.2, -0.15) is 4.31 Å². The molecular formula is C12H20N2O3S2. The van der Waals surface area contributed by atoms with Crippen LogP contribution < -0.4 is 5.73 Å². The minimum Gasteiger partial charge on any atom is -0.384 e. The predicted octanol–water partition coefficient (Wildman–Crippen LogP) is 1.25. The van der Waals surface area contributed by atoms with Gasteiger partial charge < -0.3 is 10.5 Å². The van der Waals surface area contributed by atoms with E-state index in [2.05, 4.69) is 0 Å². The molecule has 1 aliphatic heterocycles. The molecule has 0 aromatic carbocycles. The van der Waals surface area contributed by atoms with Gasteiger partial charge in [-0.1, -0.05) is 0 Å². The maximum Gasteiger partial charge on any atom is 0.244 e. The van der Waals surface area contributed by atoms with Gasteiger partial charge in [-0.3, -0.25) is 0 Å². The molecule has 1 fully saturated rings. The van der Waals surface area contributed by atoms with Crippen molar-refractivity contribution in [1.29, 1.82) is 0 Å². The lowest BCUT2D eigenvalue weighted by Gasteiger charge is -2.31. The van der Waals surface area contributed by atoms with Gasteiger partial charge in [0.25, 0.3) is 0 Å². The first-order valence-corrected chi connectivity index (χ1v) is 8.67. The number of nitrogens with zero attached hydrogens (tertiary/aromatic N) is 1. The Morgan fingerprint density at radius 1 is 1.58 bits per heavy atom. The standard InChI is InChI=1S/C12H20N2O3S2/c1-17-9-10-3-2-5-14(8-10)19(15,16)12-4-6-18-11(12)7-13/h4,6,10H,2-3,5,7-9,13H2,1H3. The Kier molecular flexibility index (Phi) is 4.97.